The predicted molar refractivity (Wildman–Crippen MR) is 72.9 cm³/mol. The van der Waals surface area contributed by atoms with Gasteiger partial charge in [0.2, 0.25) is 0 Å². The molecule has 0 heterocycles. The first-order valence-corrected chi connectivity index (χ1v) is 6.48. The average molecular weight is 253 g/mol. The molecule has 1 aromatic rings. The molecule has 0 aliphatic heterocycles. The van der Waals surface area contributed by atoms with Crippen molar-refractivity contribution in [2.75, 3.05) is 6.54 Å². The summed E-state index contributed by atoms with van der Waals surface area (Å²) in [6.45, 7) is 8.98. The van der Waals surface area contributed by atoms with Gasteiger partial charge in [-0.3, -0.25) is 0 Å². The molecule has 0 radical (unpaired) electrons. The summed E-state index contributed by atoms with van der Waals surface area (Å²) in [6, 6.07) is 5.09. The van der Waals surface area contributed by atoms with E-state index in [-0.39, 0.29) is 5.82 Å². The van der Waals surface area contributed by atoms with Crippen LogP contribution in [-0.2, 0) is 6.54 Å². The van der Waals surface area contributed by atoms with Crippen LogP contribution >= 0.6 is 0 Å². The maximum atomic E-state index is 13.1. The second-order valence-corrected chi connectivity index (χ2v) is 5.78. The maximum absolute atomic E-state index is 13.1. The Bertz CT molecular complexity index is 388. The van der Waals surface area contributed by atoms with Gasteiger partial charge in [0.25, 0.3) is 0 Å². The molecule has 0 saturated carbocycles. The third-order valence-corrected chi connectivity index (χ3v) is 2.91. The van der Waals surface area contributed by atoms with E-state index in [4.69, 9.17) is 0 Å². The second-order valence-electron chi connectivity index (χ2n) is 5.78. The predicted octanol–water partition coefficient (Wildman–Crippen LogP) is 3.02. The Labute approximate surface area is 109 Å². The lowest BCUT2D eigenvalue weighted by Gasteiger charge is -2.25. The van der Waals surface area contributed by atoms with Gasteiger partial charge in [0.1, 0.15) is 5.82 Å². The molecule has 1 unspecified atom stereocenters. The van der Waals surface area contributed by atoms with Gasteiger partial charge in [-0.15, -0.1) is 0 Å². The van der Waals surface area contributed by atoms with Crippen molar-refractivity contribution in [3.8, 4) is 0 Å². The van der Waals surface area contributed by atoms with Crippen molar-refractivity contribution < 1.29 is 9.50 Å². The van der Waals surface area contributed by atoms with Crippen LogP contribution in [0.3, 0.4) is 0 Å². The SMILES string of the molecule is Cc1cc(CNCC(C)(O)CC(C)C)ccc1F. The Morgan fingerprint density at radius 1 is 1.39 bits per heavy atom. The third kappa shape index (κ3) is 5.15. The Hall–Kier alpha value is -0.930. The van der Waals surface area contributed by atoms with Gasteiger partial charge in [-0.1, -0.05) is 26.0 Å². The normalized spacial score (nSPS) is 14.8. The van der Waals surface area contributed by atoms with Crippen LogP contribution in [0, 0.1) is 18.7 Å². The van der Waals surface area contributed by atoms with E-state index >= 15 is 0 Å². The largest absolute Gasteiger partial charge is 0.389 e. The minimum Gasteiger partial charge on any atom is -0.389 e. The number of hydrogen-bond donors (Lipinski definition) is 2. The lowest BCUT2D eigenvalue weighted by Crippen LogP contribution is -2.38. The van der Waals surface area contributed by atoms with Crippen LogP contribution in [0.2, 0.25) is 0 Å². The third-order valence-electron chi connectivity index (χ3n) is 2.91. The molecule has 18 heavy (non-hydrogen) atoms. The molecule has 1 rings (SSSR count). The molecule has 3 heteroatoms. The molecular formula is C15H24FNO. The maximum Gasteiger partial charge on any atom is 0.126 e. The van der Waals surface area contributed by atoms with Crippen LogP contribution < -0.4 is 5.32 Å². The molecule has 0 saturated heterocycles. The fourth-order valence-electron chi connectivity index (χ4n) is 2.24. The number of benzene rings is 1. The highest BCUT2D eigenvalue weighted by Gasteiger charge is 2.20. The average Bonchev–Trinajstić information content (AvgIpc) is 2.21. The van der Waals surface area contributed by atoms with Crippen LogP contribution in [0.15, 0.2) is 18.2 Å². The van der Waals surface area contributed by atoms with Gasteiger partial charge < -0.3 is 10.4 Å². The van der Waals surface area contributed by atoms with Gasteiger partial charge >= 0.3 is 0 Å². The molecule has 0 aromatic heterocycles. The highest BCUT2D eigenvalue weighted by atomic mass is 19.1. The Kier molecular flexibility index (Phi) is 5.29. The van der Waals surface area contributed by atoms with Crippen LogP contribution in [0.25, 0.3) is 0 Å². The summed E-state index contributed by atoms with van der Waals surface area (Å²) in [4.78, 5) is 0. The van der Waals surface area contributed by atoms with Crippen LogP contribution in [0.5, 0.6) is 0 Å². The van der Waals surface area contributed by atoms with E-state index in [0.717, 1.165) is 12.0 Å². The lowest BCUT2D eigenvalue weighted by atomic mass is 9.94. The molecule has 0 amide bonds. The van der Waals surface area contributed by atoms with Crippen LogP contribution in [0.1, 0.15) is 38.3 Å². The van der Waals surface area contributed by atoms with Gasteiger partial charge in [-0.25, -0.2) is 4.39 Å². The van der Waals surface area contributed by atoms with Gasteiger partial charge in [-0.2, -0.15) is 0 Å². The molecule has 1 aromatic carbocycles. The quantitative estimate of drug-likeness (QED) is 0.817. The van der Waals surface area contributed by atoms with Crippen molar-refractivity contribution in [2.45, 2.75) is 46.3 Å². The minimum atomic E-state index is -0.691. The molecule has 1 atom stereocenters. The van der Waals surface area contributed by atoms with Gasteiger partial charge in [-0.05, 0) is 43.4 Å². The zero-order chi connectivity index (χ0) is 13.8. The monoisotopic (exact) mass is 253 g/mol. The Balaban J connectivity index is 2.43. The summed E-state index contributed by atoms with van der Waals surface area (Å²) >= 11 is 0. The molecule has 0 bridgehead atoms. The summed E-state index contributed by atoms with van der Waals surface area (Å²) in [5.74, 6) is 0.292. The van der Waals surface area contributed by atoms with E-state index in [1.165, 1.54) is 6.07 Å². The van der Waals surface area contributed by atoms with E-state index in [9.17, 15) is 9.50 Å². The van der Waals surface area contributed by atoms with Crippen molar-refractivity contribution >= 4 is 0 Å². The second kappa shape index (κ2) is 6.30. The van der Waals surface area contributed by atoms with Gasteiger partial charge in [0.15, 0.2) is 0 Å². The molecule has 0 aliphatic rings. The van der Waals surface area contributed by atoms with Crippen molar-refractivity contribution in [1.82, 2.24) is 5.32 Å². The smallest absolute Gasteiger partial charge is 0.126 e. The van der Waals surface area contributed by atoms with Crippen molar-refractivity contribution in [3.05, 3.63) is 35.1 Å². The highest BCUT2D eigenvalue weighted by molar-refractivity contribution is 5.23. The van der Waals surface area contributed by atoms with Crippen LogP contribution in [0.4, 0.5) is 4.39 Å². The van der Waals surface area contributed by atoms with E-state index in [1.807, 2.05) is 13.0 Å². The van der Waals surface area contributed by atoms with E-state index in [2.05, 4.69) is 19.2 Å². The molecular weight excluding hydrogens is 229 g/mol. The molecule has 0 spiro atoms. The number of rotatable bonds is 6. The molecule has 0 fully saturated rings. The summed E-state index contributed by atoms with van der Waals surface area (Å²) in [5, 5.41) is 13.4. The number of nitrogens with one attached hydrogen (secondary N) is 1. The highest BCUT2D eigenvalue weighted by Crippen LogP contribution is 2.15. The molecule has 0 aliphatic carbocycles. The van der Waals surface area contributed by atoms with Crippen molar-refractivity contribution in [2.24, 2.45) is 5.92 Å². The minimum absolute atomic E-state index is 0.175. The summed E-state index contributed by atoms with van der Waals surface area (Å²) in [7, 11) is 0. The van der Waals surface area contributed by atoms with E-state index < -0.39 is 5.60 Å². The summed E-state index contributed by atoms with van der Waals surface area (Å²) < 4.78 is 13.1. The fourth-order valence-corrected chi connectivity index (χ4v) is 2.24. The first kappa shape index (κ1) is 15.1. The first-order valence-electron chi connectivity index (χ1n) is 6.48. The number of halogens is 1. The number of aliphatic hydroxyl groups is 1. The lowest BCUT2D eigenvalue weighted by molar-refractivity contribution is 0.0383. The van der Waals surface area contributed by atoms with Gasteiger partial charge in [0, 0.05) is 13.1 Å². The molecule has 102 valence electrons. The summed E-state index contributed by atoms with van der Waals surface area (Å²) in [5.41, 5.74) is 1.00. The Morgan fingerprint density at radius 3 is 2.61 bits per heavy atom. The van der Waals surface area contributed by atoms with E-state index in [0.29, 0.717) is 24.6 Å². The van der Waals surface area contributed by atoms with Crippen LogP contribution in [-0.4, -0.2) is 17.3 Å². The van der Waals surface area contributed by atoms with Crippen molar-refractivity contribution in [1.29, 1.82) is 0 Å². The Morgan fingerprint density at radius 2 is 2.06 bits per heavy atom. The zero-order valence-corrected chi connectivity index (χ0v) is 11.8. The van der Waals surface area contributed by atoms with Gasteiger partial charge in [0.05, 0.1) is 5.60 Å². The standard InChI is InChI=1S/C15H24FNO/c1-11(2)8-15(4,18)10-17-9-13-5-6-14(16)12(3)7-13/h5-7,11,17-18H,8-10H2,1-4H3. The fraction of sp³-hybridized carbons (Fsp3) is 0.600. The topological polar surface area (TPSA) is 32.3 Å². The molecule has 2 nitrogen and oxygen atoms in total. The molecule has 2 N–H and O–H groups in total. The number of aryl methyl sites for hydroxylation is 1. The van der Waals surface area contributed by atoms with Crippen molar-refractivity contribution in [3.63, 3.8) is 0 Å². The van der Waals surface area contributed by atoms with E-state index in [1.54, 1.807) is 13.0 Å². The summed E-state index contributed by atoms with van der Waals surface area (Å²) in [6.07, 6.45) is 0.766. The zero-order valence-electron chi connectivity index (χ0n) is 11.8. The first-order chi connectivity index (χ1) is 8.30. The number of hydrogen-bond acceptors (Lipinski definition) is 2.